The molecule has 0 spiro atoms. The van der Waals surface area contributed by atoms with Gasteiger partial charge in [0.25, 0.3) is 0 Å². The molecule has 0 unspecified atom stereocenters. The van der Waals surface area contributed by atoms with E-state index in [4.69, 9.17) is 16.1 Å². The Morgan fingerprint density at radius 2 is 2.41 bits per heavy atom. The van der Waals surface area contributed by atoms with Crippen LogP contribution < -0.4 is 5.32 Å². The van der Waals surface area contributed by atoms with Gasteiger partial charge in [-0.25, -0.2) is 0 Å². The Kier molecular flexibility index (Phi) is 2.51. The molecule has 2 aromatic heterocycles. The first-order valence-corrected chi connectivity index (χ1v) is 5.85. The molecule has 1 aliphatic rings. The number of halogens is 1. The summed E-state index contributed by atoms with van der Waals surface area (Å²) in [5, 5.41) is 11.6. The minimum absolute atomic E-state index is 0.434. The fourth-order valence-electron chi connectivity index (χ4n) is 1.61. The predicted molar refractivity (Wildman–Crippen MR) is 61.8 cm³/mol. The van der Waals surface area contributed by atoms with Crippen LogP contribution in [0, 0.1) is 0 Å². The number of hydrogen-bond donors (Lipinski definition) is 1. The van der Waals surface area contributed by atoms with E-state index >= 15 is 0 Å². The van der Waals surface area contributed by atoms with Gasteiger partial charge in [-0.15, -0.1) is 0 Å². The normalized spacial score (nSPS) is 15.2. The van der Waals surface area contributed by atoms with Gasteiger partial charge in [0.05, 0.1) is 23.5 Å². The van der Waals surface area contributed by atoms with Crippen LogP contribution in [0.25, 0.3) is 0 Å². The highest BCUT2D eigenvalue weighted by atomic mass is 35.5. The van der Waals surface area contributed by atoms with E-state index in [0.717, 1.165) is 24.4 Å². The molecule has 7 heteroatoms. The lowest BCUT2D eigenvalue weighted by Crippen LogP contribution is -2.06. The molecule has 1 N–H and O–H groups in total. The summed E-state index contributed by atoms with van der Waals surface area (Å²) in [6, 6.07) is 0.434. The van der Waals surface area contributed by atoms with E-state index in [1.807, 2.05) is 7.05 Å². The molecule has 0 bridgehead atoms. The summed E-state index contributed by atoms with van der Waals surface area (Å²) in [5.41, 5.74) is 0.887. The first kappa shape index (κ1) is 10.6. The minimum Gasteiger partial charge on any atom is -0.332 e. The maximum absolute atomic E-state index is 5.99. The lowest BCUT2D eigenvalue weighted by atomic mass is 10.4. The monoisotopic (exact) mass is 253 g/mol. The van der Waals surface area contributed by atoms with Gasteiger partial charge in [0.1, 0.15) is 0 Å². The highest BCUT2D eigenvalue weighted by molar-refractivity contribution is 6.31. The third-order valence-electron chi connectivity index (χ3n) is 2.80. The Morgan fingerprint density at radius 1 is 1.59 bits per heavy atom. The first-order valence-electron chi connectivity index (χ1n) is 5.48. The van der Waals surface area contributed by atoms with Crippen LogP contribution in [0.15, 0.2) is 10.7 Å². The molecule has 17 heavy (non-hydrogen) atoms. The highest BCUT2D eigenvalue weighted by Gasteiger charge is 2.28. The molecular formula is C10H12ClN5O. The van der Waals surface area contributed by atoms with Crippen LogP contribution in [-0.2, 0) is 13.6 Å². The molecule has 2 aromatic rings. The van der Waals surface area contributed by atoms with Crippen LogP contribution in [0.2, 0.25) is 5.02 Å². The molecule has 0 amide bonds. The summed E-state index contributed by atoms with van der Waals surface area (Å²) in [7, 11) is 1.84. The molecule has 0 radical (unpaired) electrons. The third-order valence-corrected chi connectivity index (χ3v) is 3.12. The summed E-state index contributed by atoms with van der Waals surface area (Å²) in [6.45, 7) is 0.516. The van der Waals surface area contributed by atoms with E-state index in [0.29, 0.717) is 23.5 Å². The molecule has 1 aliphatic carbocycles. The molecule has 0 aromatic carbocycles. The van der Waals surface area contributed by atoms with Crippen LogP contribution in [-0.4, -0.2) is 19.9 Å². The molecule has 0 saturated heterocycles. The summed E-state index contributed by atoms with van der Waals surface area (Å²) in [6.07, 6.45) is 3.93. The van der Waals surface area contributed by atoms with Gasteiger partial charge in [-0.2, -0.15) is 10.1 Å². The molecule has 0 atom stereocenters. The smallest absolute Gasteiger partial charge is 0.321 e. The van der Waals surface area contributed by atoms with Crippen LogP contribution in [0.3, 0.4) is 0 Å². The van der Waals surface area contributed by atoms with Crippen molar-refractivity contribution in [2.75, 3.05) is 5.32 Å². The number of anilines is 1. The standard InChI is InChI=1S/C10H12ClN5O/c1-16-8(7(11)4-13-16)5-12-10-14-9(15-17-10)6-2-3-6/h4,6H,2-3,5H2,1H3,(H,12,14,15). The predicted octanol–water partition coefficient (Wildman–Crippen LogP) is 1.95. The van der Waals surface area contributed by atoms with Gasteiger partial charge in [-0.3, -0.25) is 4.68 Å². The van der Waals surface area contributed by atoms with Crippen LogP contribution >= 0.6 is 11.6 Å². The van der Waals surface area contributed by atoms with Crippen molar-refractivity contribution in [2.45, 2.75) is 25.3 Å². The fraction of sp³-hybridized carbons (Fsp3) is 0.500. The molecule has 1 saturated carbocycles. The van der Waals surface area contributed by atoms with E-state index in [1.165, 1.54) is 0 Å². The number of rotatable bonds is 4. The van der Waals surface area contributed by atoms with Crippen molar-refractivity contribution in [1.82, 2.24) is 19.9 Å². The van der Waals surface area contributed by atoms with Crippen LogP contribution in [0.5, 0.6) is 0 Å². The second-order valence-electron chi connectivity index (χ2n) is 4.15. The number of hydrogen-bond acceptors (Lipinski definition) is 5. The molecular weight excluding hydrogens is 242 g/mol. The van der Waals surface area contributed by atoms with Gasteiger partial charge in [-0.05, 0) is 12.8 Å². The Morgan fingerprint density at radius 3 is 3.06 bits per heavy atom. The zero-order valence-corrected chi connectivity index (χ0v) is 10.1. The van der Waals surface area contributed by atoms with Gasteiger partial charge < -0.3 is 9.84 Å². The average Bonchev–Trinajstić information content (AvgIpc) is 2.98. The molecule has 3 rings (SSSR count). The lowest BCUT2D eigenvalue weighted by molar-refractivity contribution is 0.422. The maximum atomic E-state index is 5.99. The number of aromatic nitrogens is 4. The fourth-order valence-corrected chi connectivity index (χ4v) is 1.84. The number of nitrogens with zero attached hydrogens (tertiary/aromatic N) is 4. The Labute approximate surface area is 103 Å². The van der Waals surface area contributed by atoms with Gasteiger partial charge in [0, 0.05) is 13.0 Å². The summed E-state index contributed by atoms with van der Waals surface area (Å²) in [5.74, 6) is 1.29. The molecule has 2 heterocycles. The maximum Gasteiger partial charge on any atom is 0.321 e. The molecule has 1 fully saturated rings. The van der Waals surface area contributed by atoms with Crippen LogP contribution in [0.4, 0.5) is 6.01 Å². The second kappa shape index (κ2) is 4.03. The van der Waals surface area contributed by atoms with E-state index in [9.17, 15) is 0 Å². The second-order valence-corrected chi connectivity index (χ2v) is 4.56. The Balaban J connectivity index is 1.66. The van der Waals surface area contributed by atoms with Crippen molar-refractivity contribution < 1.29 is 4.52 Å². The first-order chi connectivity index (χ1) is 8.24. The van der Waals surface area contributed by atoms with Gasteiger partial charge in [0.15, 0.2) is 5.82 Å². The minimum atomic E-state index is 0.434. The summed E-state index contributed by atoms with van der Waals surface area (Å²) >= 11 is 5.99. The quantitative estimate of drug-likeness (QED) is 0.902. The zero-order valence-electron chi connectivity index (χ0n) is 9.35. The zero-order chi connectivity index (χ0) is 11.8. The lowest BCUT2D eigenvalue weighted by Gasteiger charge is -2.02. The van der Waals surface area contributed by atoms with Gasteiger partial charge in [-0.1, -0.05) is 16.8 Å². The van der Waals surface area contributed by atoms with Gasteiger partial charge in [0.2, 0.25) is 0 Å². The van der Waals surface area contributed by atoms with Crippen LogP contribution in [0.1, 0.15) is 30.3 Å². The third kappa shape index (κ3) is 2.12. The number of nitrogens with one attached hydrogen (secondary N) is 1. The topological polar surface area (TPSA) is 68.8 Å². The number of aryl methyl sites for hydroxylation is 1. The van der Waals surface area contributed by atoms with Crippen molar-refractivity contribution in [2.24, 2.45) is 7.05 Å². The van der Waals surface area contributed by atoms with E-state index < -0.39 is 0 Å². The van der Waals surface area contributed by atoms with E-state index in [-0.39, 0.29) is 0 Å². The summed E-state index contributed by atoms with van der Waals surface area (Å²) in [4.78, 5) is 4.27. The van der Waals surface area contributed by atoms with E-state index in [1.54, 1.807) is 10.9 Å². The van der Waals surface area contributed by atoms with Crippen molar-refractivity contribution in [1.29, 1.82) is 0 Å². The van der Waals surface area contributed by atoms with E-state index in [2.05, 4.69) is 20.6 Å². The largest absolute Gasteiger partial charge is 0.332 e. The van der Waals surface area contributed by atoms with Gasteiger partial charge >= 0.3 is 6.01 Å². The highest BCUT2D eigenvalue weighted by Crippen LogP contribution is 2.38. The van der Waals surface area contributed by atoms with Crippen molar-refractivity contribution >= 4 is 17.6 Å². The molecule has 0 aliphatic heterocycles. The Hall–Kier alpha value is -1.56. The van der Waals surface area contributed by atoms with Crippen molar-refractivity contribution in [3.63, 3.8) is 0 Å². The molecule has 6 nitrogen and oxygen atoms in total. The average molecular weight is 254 g/mol. The van der Waals surface area contributed by atoms with Crippen molar-refractivity contribution in [3.8, 4) is 0 Å². The SMILES string of the molecule is Cn1ncc(Cl)c1CNc1nc(C2CC2)no1. The Bertz CT molecular complexity index is 511. The molecule has 90 valence electrons. The van der Waals surface area contributed by atoms with Crippen molar-refractivity contribution in [3.05, 3.63) is 22.7 Å². The summed E-state index contributed by atoms with van der Waals surface area (Å²) < 4.78 is 6.81.